The lowest BCUT2D eigenvalue weighted by Crippen LogP contribution is -2.37. The molecule has 3 nitrogen and oxygen atoms in total. The third-order valence-electron chi connectivity index (χ3n) is 3.23. The van der Waals surface area contributed by atoms with Crippen LogP contribution in [0.4, 0.5) is 10.1 Å². The molecule has 122 valence electrons. The summed E-state index contributed by atoms with van der Waals surface area (Å²) < 4.78 is 13.2. The maximum absolute atomic E-state index is 13.2. The lowest BCUT2D eigenvalue weighted by Gasteiger charge is -2.24. The molecule has 0 saturated carbocycles. The van der Waals surface area contributed by atoms with E-state index in [2.05, 4.69) is 27.7 Å². The average molecular weight is 352 g/mol. The van der Waals surface area contributed by atoms with Gasteiger partial charge in [-0.25, -0.2) is 4.39 Å². The zero-order valence-electron chi connectivity index (χ0n) is 13.0. The van der Waals surface area contributed by atoms with Crippen molar-refractivity contribution in [2.75, 3.05) is 26.0 Å². The first-order valence-electron chi connectivity index (χ1n) is 7.18. The van der Waals surface area contributed by atoms with Crippen LogP contribution in [-0.2, 0) is 0 Å². The first-order valence-corrected chi connectivity index (χ1v) is 7.96. The third-order valence-corrected chi connectivity index (χ3v) is 3.74. The molecular weight excluding hydrogens is 333 g/mol. The van der Waals surface area contributed by atoms with E-state index in [4.69, 9.17) is 23.8 Å². The van der Waals surface area contributed by atoms with Crippen molar-refractivity contribution in [2.24, 2.45) is 0 Å². The van der Waals surface area contributed by atoms with E-state index in [1.807, 2.05) is 32.3 Å². The molecule has 23 heavy (non-hydrogen) atoms. The smallest absolute Gasteiger partial charge is 0.171 e. The predicted molar refractivity (Wildman–Crippen MR) is 98.5 cm³/mol. The molecule has 0 unspecified atom stereocenters. The predicted octanol–water partition coefficient (Wildman–Crippen LogP) is 4.07. The van der Waals surface area contributed by atoms with Gasteiger partial charge in [-0.3, -0.25) is 0 Å². The highest BCUT2D eigenvalue weighted by molar-refractivity contribution is 7.80. The Balaban J connectivity index is 2.06. The van der Waals surface area contributed by atoms with Crippen molar-refractivity contribution in [3.8, 4) is 0 Å². The van der Waals surface area contributed by atoms with Crippen molar-refractivity contribution >= 4 is 34.6 Å². The van der Waals surface area contributed by atoms with Gasteiger partial charge in [0.1, 0.15) is 5.82 Å². The number of likely N-dealkylation sites (N-methyl/N-ethyl adjacent to an activating group) is 1. The molecule has 0 saturated heterocycles. The number of anilines is 1. The van der Waals surface area contributed by atoms with Crippen molar-refractivity contribution in [1.29, 1.82) is 0 Å². The lowest BCUT2D eigenvalue weighted by atomic mass is 10.1. The van der Waals surface area contributed by atoms with Crippen molar-refractivity contribution in [3.05, 3.63) is 64.9 Å². The Kier molecular flexibility index (Phi) is 6.33. The van der Waals surface area contributed by atoms with Crippen molar-refractivity contribution in [3.63, 3.8) is 0 Å². The summed E-state index contributed by atoms with van der Waals surface area (Å²) in [7, 11) is 4.02. The van der Waals surface area contributed by atoms with E-state index in [0.717, 1.165) is 12.1 Å². The van der Waals surface area contributed by atoms with Gasteiger partial charge in [-0.15, -0.1) is 0 Å². The van der Waals surface area contributed by atoms with Gasteiger partial charge in [0.2, 0.25) is 0 Å². The van der Waals surface area contributed by atoms with Crippen molar-refractivity contribution in [2.45, 2.75) is 6.04 Å². The van der Waals surface area contributed by atoms with E-state index in [-0.39, 0.29) is 11.1 Å². The fraction of sp³-hybridized carbons (Fsp3) is 0.235. The SMILES string of the molecule is CN(C)C[C@@H](NC(=S)Nc1ccc(F)c(Cl)c1)c1ccccc1. The molecule has 2 rings (SSSR count). The van der Waals surface area contributed by atoms with E-state index in [9.17, 15) is 4.39 Å². The molecule has 0 aromatic heterocycles. The number of nitrogens with one attached hydrogen (secondary N) is 2. The minimum absolute atomic E-state index is 0.0436. The normalized spacial score (nSPS) is 12.0. The molecule has 0 aliphatic rings. The third kappa shape index (κ3) is 5.46. The zero-order chi connectivity index (χ0) is 16.8. The summed E-state index contributed by atoms with van der Waals surface area (Å²) in [5, 5.41) is 6.85. The number of benzene rings is 2. The highest BCUT2D eigenvalue weighted by Crippen LogP contribution is 2.20. The van der Waals surface area contributed by atoms with Gasteiger partial charge in [0, 0.05) is 12.2 Å². The van der Waals surface area contributed by atoms with Crippen LogP contribution < -0.4 is 10.6 Å². The average Bonchev–Trinajstić information content (AvgIpc) is 2.51. The number of halogens is 2. The molecule has 6 heteroatoms. The molecule has 0 spiro atoms. The van der Waals surface area contributed by atoms with Gasteiger partial charge >= 0.3 is 0 Å². The van der Waals surface area contributed by atoms with Crippen LogP contribution >= 0.6 is 23.8 Å². The zero-order valence-corrected chi connectivity index (χ0v) is 14.6. The summed E-state index contributed by atoms with van der Waals surface area (Å²) in [4.78, 5) is 2.09. The molecular formula is C17H19ClFN3S. The highest BCUT2D eigenvalue weighted by Gasteiger charge is 2.14. The van der Waals surface area contributed by atoms with Gasteiger partial charge in [0.15, 0.2) is 5.11 Å². The van der Waals surface area contributed by atoms with Gasteiger partial charge in [-0.2, -0.15) is 0 Å². The summed E-state index contributed by atoms with van der Waals surface area (Å²) in [6, 6.07) is 14.5. The first-order chi connectivity index (χ1) is 11.0. The van der Waals surface area contributed by atoms with E-state index in [0.29, 0.717) is 10.8 Å². The summed E-state index contributed by atoms with van der Waals surface area (Å²) in [5.41, 5.74) is 1.79. The Morgan fingerprint density at radius 2 is 1.91 bits per heavy atom. The van der Waals surface area contributed by atoms with Crippen LogP contribution in [0.3, 0.4) is 0 Å². The monoisotopic (exact) mass is 351 g/mol. The van der Waals surface area contributed by atoms with Crippen LogP contribution in [0.5, 0.6) is 0 Å². The molecule has 0 bridgehead atoms. The van der Waals surface area contributed by atoms with E-state index >= 15 is 0 Å². The molecule has 2 aromatic rings. The second-order valence-electron chi connectivity index (χ2n) is 5.45. The molecule has 2 N–H and O–H groups in total. The summed E-state index contributed by atoms with van der Waals surface area (Å²) >= 11 is 11.1. The van der Waals surface area contributed by atoms with E-state index in [1.54, 1.807) is 6.07 Å². The minimum atomic E-state index is -0.453. The largest absolute Gasteiger partial charge is 0.354 e. The fourth-order valence-corrected chi connectivity index (χ4v) is 2.62. The summed E-state index contributed by atoms with van der Waals surface area (Å²) in [6.45, 7) is 0.788. The number of nitrogens with zero attached hydrogens (tertiary/aromatic N) is 1. The van der Waals surface area contributed by atoms with Crippen LogP contribution in [0.25, 0.3) is 0 Å². The Morgan fingerprint density at radius 1 is 1.22 bits per heavy atom. The van der Waals surface area contributed by atoms with Crippen molar-refractivity contribution in [1.82, 2.24) is 10.2 Å². The molecule has 2 aromatic carbocycles. The lowest BCUT2D eigenvalue weighted by molar-refractivity contribution is 0.363. The van der Waals surface area contributed by atoms with Gasteiger partial charge in [-0.05, 0) is 50.1 Å². The molecule has 0 aliphatic carbocycles. The highest BCUT2D eigenvalue weighted by atomic mass is 35.5. The Labute approximate surface area is 146 Å². The number of rotatable bonds is 5. The maximum atomic E-state index is 13.2. The standard InChI is InChI=1S/C17H19ClFN3S/c1-22(2)11-16(12-6-4-3-5-7-12)21-17(23)20-13-8-9-15(19)14(18)10-13/h3-10,16H,11H2,1-2H3,(H2,20,21,23)/t16-/m1/s1. The first kappa shape index (κ1) is 17.7. The van der Waals surface area contributed by atoms with Gasteiger partial charge in [-0.1, -0.05) is 41.9 Å². The Bertz CT molecular complexity index is 664. The van der Waals surface area contributed by atoms with Gasteiger partial charge < -0.3 is 15.5 Å². The second-order valence-corrected chi connectivity index (χ2v) is 6.27. The summed E-state index contributed by atoms with van der Waals surface area (Å²) in [5.74, 6) is -0.453. The van der Waals surface area contributed by atoms with Crippen LogP contribution in [0.2, 0.25) is 5.02 Å². The maximum Gasteiger partial charge on any atom is 0.171 e. The topological polar surface area (TPSA) is 27.3 Å². The molecule has 0 radical (unpaired) electrons. The van der Waals surface area contributed by atoms with Gasteiger partial charge in [0.25, 0.3) is 0 Å². The van der Waals surface area contributed by atoms with Gasteiger partial charge in [0.05, 0.1) is 11.1 Å². The molecule has 0 heterocycles. The van der Waals surface area contributed by atoms with Crippen LogP contribution in [0.15, 0.2) is 48.5 Å². The number of hydrogen-bond acceptors (Lipinski definition) is 2. The minimum Gasteiger partial charge on any atom is -0.354 e. The van der Waals surface area contributed by atoms with Crippen LogP contribution in [-0.4, -0.2) is 30.7 Å². The molecule has 0 aliphatic heterocycles. The Morgan fingerprint density at radius 3 is 2.52 bits per heavy atom. The molecule has 1 atom stereocenters. The Hall–Kier alpha value is -1.69. The van der Waals surface area contributed by atoms with Crippen molar-refractivity contribution < 1.29 is 4.39 Å². The quantitative estimate of drug-likeness (QED) is 0.794. The molecule has 0 amide bonds. The number of hydrogen-bond donors (Lipinski definition) is 2. The van der Waals surface area contributed by atoms with Crippen LogP contribution in [0, 0.1) is 5.82 Å². The number of thiocarbonyl (C=S) groups is 1. The fourth-order valence-electron chi connectivity index (χ4n) is 2.18. The second kappa shape index (κ2) is 8.24. The van der Waals surface area contributed by atoms with Crippen LogP contribution in [0.1, 0.15) is 11.6 Å². The van der Waals surface area contributed by atoms with E-state index < -0.39 is 5.82 Å². The molecule has 0 fully saturated rings. The van der Waals surface area contributed by atoms with E-state index in [1.165, 1.54) is 12.1 Å². The summed E-state index contributed by atoms with van der Waals surface area (Å²) in [6.07, 6.45) is 0.